The highest BCUT2D eigenvalue weighted by Crippen LogP contribution is 2.72. The lowest BCUT2D eigenvalue weighted by molar-refractivity contribution is -0.234. The Balaban J connectivity index is 1.51. The van der Waals surface area contributed by atoms with Gasteiger partial charge in [0.15, 0.2) is 6.10 Å². The molecular formula is C29H40O9. The van der Waals surface area contributed by atoms with Gasteiger partial charge >= 0.3 is 11.9 Å². The lowest BCUT2D eigenvalue weighted by Gasteiger charge is -2.58. The molecule has 0 aromatic carbocycles. The minimum absolute atomic E-state index is 0.0195. The Kier molecular flexibility index (Phi) is 7.37. The lowest BCUT2D eigenvalue weighted by Crippen LogP contribution is -2.66. The highest BCUT2D eigenvalue weighted by atomic mass is 16.6. The SMILES string of the molecule is CC1=C[C@H]2O[C@@H]3C[C@H]4OC(=O)/C=C\C=C\[C@H]([C@H](C)O)OCC[C@@H](C)[C@H](O)C(=O)OC[C@@]2(CC1)[C@]4(C)C31CO1. The first-order valence-corrected chi connectivity index (χ1v) is 13.7. The molecule has 2 N–H and O–H groups in total. The van der Waals surface area contributed by atoms with Gasteiger partial charge in [-0.15, -0.1) is 0 Å². The average molecular weight is 533 g/mol. The summed E-state index contributed by atoms with van der Waals surface area (Å²) in [7, 11) is 0. The third-order valence-electron chi connectivity index (χ3n) is 9.73. The number of hydrogen-bond acceptors (Lipinski definition) is 9. The Morgan fingerprint density at radius 3 is 2.63 bits per heavy atom. The molecule has 0 amide bonds. The number of hydrogen-bond donors (Lipinski definition) is 2. The zero-order valence-electron chi connectivity index (χ0n) is 22.6. The first-order valence-electron chi connectivity index (χ1n) is 13.7. The standard InChI is InChI=1S/C29H40O9/c1-17-9-11-28-15-35-26(33)25(32)18(2)10-12-34-20(19(3)30)7-5-6-8-24(31)38-21-14-23(37-22(28)13-17)29(16-36-29)27(21,28)4/h5-8,13,18-23,25,30,32H,9-12,14-16H2,1-4H3/b7-5+,8-6-/t18-,19+,20-,21-,22-,23-,25+,27-,28-,29?/m1/s1. The van der Waals surface area contributed by atoms with Gasteiger partial charge in [0.2, 0.25) is 0 Å². The smallest absolute Gasteiger partial charge is 0.335 e. The van der Waals surface area contributed by atoms with Crippen LogP contribution in [0.2, 0.25) is 0 Å². The fraction of sp³-hybridized carbons (Fsp3) is 0.724. The summed E-state index contributed by atoms with van der Waals surface area (Å²) in [6.45, 7) is 8.27. The molecule has 1 unspecified atom stereocenters. The molecule has 0 aromatic rings. The molecule has 9 heteroatoms. The van der Waals surface area contributed by atoms with Crippen LogP contribution in [0.5, 0.6) is 0 Å². The van der Waals surface area contributed by atoms with E-state index < -0.39 is 58.7 Å². The third kappa shape index (κ3) is 4.36. The predicted molar refractivity (Wildman–Crippen MR) is 136 cm³/mol. The third-order valence-corrected chi connectivity index (χ3v) is 9.73. The van der Waals surface area contributed by atoms with Crippen molar-refractivity contribution in [3.05, 3.63) is 36.0 Å². The quantitative estimate of drug-likeness (QED) is 0.298. The van der Waals surface area contributed by atoms with Crippen LogP contribution in [0.3, 0.4) is 0 Å². The Labute approximate surface area is 223 Å². The second kappa shape index (κ2) is 10.2. The predicted octanol–water partition coefficient (Wildman–Crippen LogP) is 2.39. The van der Waals surface area contributed by atoms with Crippen molar-refractivity contribution in [2.45, 2.75) is 95.6 Å². The number of cyclic esters (lactones) is 1. The molecule has 210 valence electrons. The van der Waals surface area contributed by atoms with Crippen LogP contribution in [0.1, 0.15) is 53.4 Å². The highest BCUT2D eigenvalue weighted by molar-refractivity contribution is 5.82. The number of aliphatic hydroxyl groups excluding tert-OH is 2. The molecule has 5 aliphatic rings. The summed E-state index contributed by atoms with van der Waals surface area (Å²) in [5.41, 5.74) is -0.771. The van der Waals surface area contributed by atoms with Crippen molar-refractivity contribution in [3.63, 3.8) is 0 Å². The minimum atomic E-state index is -1.33. The molecule has 10 atom stereocenters. The summed E-state index contributed by atoms with van der Waals surface area (Å²) in [4.78, 5) is 26.0. The van der Waals surface area contributed by atoms with Gasteiger partial charge in [0.1, 0.15) is 24.4 Å². The van der Waals surface area contributed by atoms with Gasteiger partial charge in [-0.3, -0.25) is 0 Å². The van der Waals surface area contributed by atoms with Gasteiger partial charge in [0.05, 0.1) is 30.3 Å². The van der Waals surface area contributed by atoms with Crippen LogP contribution in [-0.2, 0) is 33.3 Å². The second-order valence-electron chi connectivity index (χ2n) is 11.9. The fourth-order valence-corrected chi connectivity index (χ4v) is 7.04. The summed E-state index contributed by atoms with van der Waals surface area (Å²) >= 11 is 0. The number of esters is 2. The van der Waals surface area contributed by atoms with E-state index in [1.54, 1.807) is 32.1 Å². The minimum Gasteiger partial charge on any atom is -0.463 e. The van der Waals surface area contributed by atoms with E-state index in [2.05, 4.69) is 19.9 Å². The summed E-state index contributed by atoms with van der Waals surface area (Å²) in [5, 5.41) is 20.8. The molecule has 2 aliphatic carbocycles. The Morgan fingerprint density at radius 1 is 1.16 bits per heavy atom. The van der Waals surface area contributed by atoms with Crippen molar-refractivity contribution in [2.24, 2.45) is 16.7 Å². The summed E-state index contributed by atoms with van der Waals surface area (Å²) in [6.07, 6.45) is 6.89. The Morgan fingerprint density at radius 2 is 1.92 bits per heavy atom. The van der Waals surface area contributed by atoms with E-state index in [0.29, 0.717) is 25.9 Å². The molecule has 2 spiro atoms. The van der Waals surface area contributed by atoms with E-state index in [0.717, 1.165) is 6.42 Å². The molecule has 2 bridgehead atoms. The molecule has 9 nitrogen and oxygen atoms in total. The van der Waals surface area contributed by atoms with Crippen molar-refractivity contribution in [3.8, 4) is 0 Å². The van der Waals surface area contributed by atoms with Crippen LogP contribution in [-0.4, -0.2) is 84.2 Å². The van der Waals surface area contributed by atoms with Crippen molar-refractivity contribution in [1.82, 2.24) is 0 Å². The van der Waals surface area contributed by atoms with Crippen molar-refractivity contribution < 1.29 is 43.5 Å². The summed E-state index contributed by atoms with van der Waals surface area (Å²) in [5.74, 6) is -1.60. The Bertz CT molecular complexity index is 1030. The zero-order chi connectivity index (χ0) is 27.3. The molecule has 2 saturated heterocycles. The van der Waals surface area contributed by atoms with Crippen LogP contribution in [0.15, 0.2) is 36.0 Å². The van der Waals surface area contributed by atoms with Crippen LogP contribution in [0.25, 0.3) is 0 Å². The molecule has 0 radical (unpaired) electrons. The van der Waals surface area contributed by atoms with E-state index >= 15 is 0 Å². The molecule has 1 saturated carbocycles. The van der Waals surface area contributed by atoms with E-state index in [4.69, 9.17) is 23.7 Å². The fourth-order valence-electron chi connectivity index (χ4n) is 7.04. The van der Waals surface area contributed by atoms with Gasteiger partial charge in [-0.1, -0.05) is 43.7 Å². The molecule has 3 heterocycles. The van der Waals surface area contributed by atoms with Gasteiger partial charge in [-0.05, 0) is 39.0 Å². The molecule has 5 rings (SSSR count). The first kappa shape index (κ1) is 27.5. The zero-order valence-corrected chi connectivity index (χ0v) is 22.6. The molecule has 0 aromatic heterocycles. The maximum atomic E-state index is 13.1. The number of allylic oxidation sites excluding steroid dienone is 3. The topological polar surface area (TPSA) is 124 Å². The molecule has 3 fully saturated rings. The van der Waals surface area contributed by atoms with Crippen LogP contribution in [0.4, 0.5) is 0 Å². The average Bonchev–Trinajstić information content (AvgIpc) is 3.65. The number of carbonyl (C=O) groups excluding carboxylic acids is 2. The normalized spacial score (nSPS) is 48.0. The van der Waals surface area contributed by atoms with Gasteiger partial charge in [0, 0.05) is 24.5 Å². The maximum Gasteiger partial charge on any atom is 0.335 e. The number of ether oxygens (including phenoxy) is 5. The number of rotatable bonds is 1. The molecule has 3 aliphatic heterocycles. The molecule has 38 heavy (non-hydrogen) atoms. The monoisotopic (exact) mass is 532 g/mol. The van der Waals surface area contributed by atoms with Crippen molar-refractivity contribution >= 4 is 11.9 Å². The van der Waals surface area contributed by atoms with Gasteiger partial charge < -0.3 is 33.9 Å². The lowest BCUT2D eigenvalue weighted by atomic mass is 9.51. The van der Waals surface area contributed by atoms with Gasteiger partial charge in [-0.2, -0.15) is 0 Å². The van der Waals surface area contributed by atoms with Crippen LogP contribution >= 0.6 is 0 Å². The maximum absolute atomic E-state index is 13.1. The van der Waals surface area contributed by atoms with E-state index in [1.807, 2.05) is 0 Å². The van der Waals surface area contributed by atoms with Crippen molar-refractivity contribution in [2.75, 3.05) is 19.8 Å². The Hall–Kier alpha value is -2.04. The summed E-state index contributed by atoms with van der Waals surface area (Å²) < 4.78 is 30.4. The second-order valence-corrected chi connectivity index (χ2v) is 11.9. The van der Waals surface area contributed by atoms with Gasteiger partial charge in [0.25, 0.3) is 0 Å². The van der Waals surface area contributed by atoms with E-state index in [9.17, 15) is 19.8 Å². The van der Waals surface area contributed by atoms with E-state index in [-0.39, 0.29) is 25.4 Å². The largest absolute Gasteiger partial charge is 0.463 e. The summed E-state index contributed by atoms with van der Waals surface area (Å²) in [6, 6.07) is 0. The first-order chi connectivity index (χ1) is 18.0. The van der Waals surface area contributed by atoms with E-state index in [1.165, 1.54) is 11.6 Å². The highest BCUT2D eigenvalue weighted by Gasteiger charge is 2.83. The number of epoxide rings is 1. The number of carbonyl (C=O) groups is 2. The number of aliphatic hydroxyl groups is 2. The van der Waals surface area contributed by atoms with Crippen molar-refractivity contribution in [1.29, 1.82) is 0 Å². The van der Waals surface area contributed by atoms with Crippen LogP contribution < -0.4 is 0 Å². The van der Waals surface area contributed by atoms with Gasteiger partial charge in [-0.25, -0.2) is 9.59 Å². The van der Waals surface area contributed by atoms with Crippen LogP contribution in [0, 0.1) is 16.7 Å². The molecular weight excluding hydrogens is 492 g/mol.